The summed E-state index contributed by atoms with van der Waals surface area (Å²) in [6.45, 7) is 3.96. The van der Waals surface area contributed by atoms with Crippen molar-refractivity contribution in [3.63, 3.8) is 0 Å². The molecular weight excluding hydrogens is 244 g/mol. The Morgan fingerprint density at radius 3 is 2.74 bits per heavy atom. The van der Waals surface area contributed by atoms with E-state index in [1.54, 1.807) is 13.3 Å². The molecule has 5 nitrogen and oxygen atoms in total. The molecule has 1 aromatic carbocycles. The maximum atomic E-state index is 10.8. The van der Waals surface area contributed by atoms with Crippen LogP contribution in [0.15, 0.2) is 18.3 Å². The molecule has 0 bridgehead atoms. The van der Waals surface area contributed by atoms with E-state index in [-0.39, 0.29) is 6.42 Å². The molecule has 0 saturated heterocycles. The van der Waals surface area contributed by atoms with Crippen LogP contribution in [0.25, 0.3) is 11.3 Å². The zero-order valence-electron chi connectivity index (χ0n) is 11.2. The van der Waals surface area contributed by atoms with E-state index >= 15 is 0 Å². The van der Waals surface area contributed by atoms with E-state index in [4.69, 9.17) is 9.84 Å². The highest BCUT2D eigenvalue weighted by molar-refractivity contribution is 5.76. The number of carboxylic acid groups (broad SMARTS) is 1. The Hall–Kier alpha value is -2.30. The maximum Gasteiger partial charge on any atom is 0.307 e. The van der Waals surface area contributed by atoms with Gasteiger partial charge in [-0.2, -0.15) is 5.10 Å². The first-order valence-electron chi connectivity index (χ1n) is 5.93. The minimum Gasteiger partial charge on any atom is -0.496 e. The maximum absolute atomic E-state index is 10.8. The number of nitrogens with one attached hydrogen (secondary N) is 1. The zero-order chi connectivity index (χ0) is 14.0. The molecule has 0 atom stereocenters. The molecule has 2 rings (SSSR count). The second kappa shape index (κ2) is 5.14. The molecule has 19 heavy (non-hydrogen) atoms. The summed E-state index contributed by atoms with van der Waals surface area (Å²) in [4.78, 5) is 10.8. The van der Waals surface area contributed by atoms with Gasteiger partial charge in [0.1, 0.15) is 5.75 Å². The summed E-state index contributed by atoms with van der Waals surface area (Å²) >= 11 is 0. The molecule has 100 valence electrons. The van der Waals surface area contributed by atoms with Crippen LogP contribution in [-0.2, 0) is 11.2 Å². The molecule has 2 N–H and O–H groups in total. The van der Waals surface area contributed by atoms with Crippen LogP contribution in [-0.4, -0.2) is 28.4 Å². The Morgan fingerprint density at radius 1 is 1.37 bits per heavy atom. The number of benzene rings is 1. The van der Waals surface area contributed by atoms with Crippen LogP contribution in [0.3, 0.4) is 0 Å². The van der Waals surface area contributed by atoms with Gasteiger partial charge in [0, 0.05) is 11.1 Å². The van der Waals surface area contributed by atoms with Gasteiger partial charge in [-0.15, -0.1) is 0 Å². The first kappa shape index (κ1) is 13.1. The Kier molecular flexibility index (Phi) is 3.55. The Bertz CT molecular complexity index is 617. The molecule has 0 radical (unpaired) electrons. The number of rotatable bonds is 4. The quantitative estimate of drug-likeness (QED) is 0.884. The summed E-state index contributed by atoms with van der Waals surface area (Å²) in [7, 11) is 1.63. The highest BCUT2D eigenvalue weighted by Gasteiger charge is 2.15. The third-order valence-electron chi connectivity index (χ3n) is 3.29. The summed E-state index contributed by atoms with van der Waals surface area (Å²) in [5.74, 6) is -0.0499. The molecule has 0 aliphatic heterocycles. The highest BCUT2D eigenvalue weighted by Crippen LogP contribution is 2.31. The Morgan fingerprint density at radius 2 is 2.11 bits per heavy atom. The molecule has 0 aliphatic rings. The van der Waals surface area contributed by atoms with Gasteiger partial charge in [-0.3, -0.25) is 9.89 Å². The SMILES string of the molecule is COc1ccc(-c2[nH]ncc2CC(=O)O)c(C)c1C. The van der Waals surface area contributed by atoms with E-state index < -0.39 is 5.97 Å². The molecule has 0 fully saturated rings. The lowest BCUT2D eigenvalue weighted by molar-refractivity contribution is -0.136. The standard InChI is InChI=1S/C14H16N2O3/c1-8-9(2)12(19-3)5-4-11(8)14-10(6-13(17)18)7-15-16-14/h4-5,7H,6H2,1-3H3,(H,15,16)(H,17,18). The number of ether oxygens (including phenoxy) is 1. The van der Waals surface area contributed by atoms with E-state index in [0.29, 0.717) is 5.56 Å². The van der Waals surface area contributed by atoms with Crippen molar-refractivity contribution < 1.29 is 14.6 Å². The molecule has 1 heterocycles. The van der Waals surface area contributed by atoms with Crippen LogP contribution in [0.2, 0.25) is 0 Å². The van der Waals surface area contributed by atoms with E-state index in [2.05, 4.69) is 10.2 Å². The fourth-order valence-corrected chi connectivity index (χ4v) is 2.13. The number of methoxy groups -OCH3 is 1. The van der Waals surface area contributed by atoms with E-state index in [1.165, 1.54) is 0 Å². The van der Waals surface area contributed by atoms with Crippen molar-refractivity contribution in [2.45, 2.75) is 20.3 Å². The molecule has 0 unspecified atom stereocenters. The molecule has 0 spiro atoms. The van der Waals surface area contributed by atoms with Gasteiger partial charge >= 0.3 is 5.97 Å². The van der Waals surface area contributed by atoms with Crippen molar-refractivity contribution in [3.05, 3.63) is 35.0 Å². The van der Waals surface area contributed by atoms with Crippen molar-refractivity contribution in [1.29, 1.82) is 0 Å². The first-order chi connectivity index (χ1) is 9.04. The number of hydrogen-bond donors (Lipinski definition) is 2. The summed E-state index contributed by atoms with van der Waals surface area (Å²) in [6, 6.07) is 3.79. The van der Waals surface area contributed by atoms with Crippen LogP contribution < -0.4 is 4.74 Å². The fourth-order valence-electron chi connectivity index (χ4n) is 2.13. The van der Waals surface area contributed by atoms with Crippen LogP contribution >= 0.6 is 0 Å². The average molecular weight is 260 g/mol. The predicted molar refractivity (Wildman–Crippen MR) is 71.4 cm³/mol. The monoisotopic (exact) mass is 260 g/mol. The minimum atomic E-state index is -0.870. The number of aromatic amines is 1. The van der Waals surface area contributed by atoms with Crippen LogP contribution in [0.4, 0.5) is 0 Å². The van der Waals surface area contributed by atoms with Crippen molar-refractivity contribution in [2.75, 3.05) is 7.11 Å². The van der Waals surface area contributed by atoms with Crippen LogP contribution in [0.5, 0.6) is 5.75 Å². The number of aliphatic carboxylic acids is 1. The molecular formula is C14H16N2O3. The van der Waals surface area contributed by atoms with Gasteiger partial charge in [-0.05, 0) is 37.1 Å². The molecule has 0 saturated carbocycles. The number of H-pyrrole nitrogens is 1. The Labute approximate surface area is 111 Å². The van der Waals surface area contributed by atoms with Crippen molar-refractivity contribution >= 4 is 5.97 Å². The zero-order valence-corrected chi connectivity index (χ0v) is 11.2. The second-order valence-electron chi connectivity index (χ2n) is 4.41. The molecule has 5 heteroatoms. The van der Waals surface area contributed by atoms with Crippen molar-refractivity contribution in [1.82, 2.24) is 10.2 Å². The molecule has 0 aliphatic carbocycles. The number of carbonyl (C=O) groups is 1. The summed E-state index contributed by atoms with van der Waals surface area (Å²) in [5.41, 5.74) is 4.48. The number of hydrogen-bond acceptors (Lipinski definition) is 3. The lowest BCUT2D eigenvalue weighted by atomic mass is 9.97. The number of nitrogens with zero attached hydrogens (tertiary/aromatic N) is 1. The average Bonchev–Trinajstić information content (AvgIpc) is 2.80. The highest BCUT2D eigenvalue weighted by atomic mass is 16.5. The van der Waals surface area contributed by atoms with E-state index in [9.17, 15) is 4.79 Å². The number of carboxylic acids is 1. The number of aromatic nitrogens is 2. The van der Waals surface area contributed by atoms with Crippen LogP contribution in [0, 0.1) is 13.8 Å². The Balaban J connectivity index is 2.51. The third-order valence-corrected chi connectivity index (χ3v) is 3.29. The summed E-state index contributed by atoms with van der Waals surface area (Å²) in [6.07, 6.45) is 1.51. The second-order valence-corrected chi connectivity index (χ2v) is 4.41. The predicted octanol–water partition coefficient (Wildman–Crippen LogP) is 2.33. The normalized spacial score (nSPS) is 10.5. The lowest BCUT2D eigenvalue weighted by Gasteiger charge is -2.12. The first-order valence-corrected chi connectivity index (χ1v) is 5.93. The van der Waals surface area contributed by atoms with Gasteiger partial charge in [0.2, 0.25) is 0 Å². The van der Waals surface area contributed by atoms with Gasteiger partial charge in [-0.25, -0.2) is 0 Å². The third kappa shape index (κ3) is 2.45. The van der Waals surface area contributed by atoms with Gasteiger partial charge in [-0.1, -0.05) is 0 Å². The van der Waals surface area contributed by atoms with Crippen molar-refractivity contribution in [2.24, 2.45) is 0 Å². The van der Waals surface area contributed by atoms with Crippen molar-refractivity contribution in [3.8, 4) is 17.0 Å². The minimum absolute atomic E-state index is 0.0453. The van der Waals surface area contributed by atoms with Gasteiger partial charge in [0.05, 0.1) is 25.4 Å². The van der Waals surface area contributed by atoms with Gasteiger partial charge in [0.25, 0.3) is 0 Å². The molecule has 0 amide bonds. The topological polar surface area (TPSA) is 75.2 Å². The summed E-state index contributed by atoms with van der Waals surface area (Å²) < 4.78 is 5.27. The fraction of sp³-hybridized carbons (Fsp3) is 0.286. The van der Waals surface area contributed by atoms with E-state index in [1.807, 2.05) is 26.0 Å². The largest absolute Gasteiger partial charge is 0.496 e. The van der Waals surface area contributed by atoms with E-state index in [0.717, 1.165) is 28.1 Å². The van der Waals surface area contributed by atoms with Gasteiger partial charge in [0.15, 0.2) is 0 Å². The molecule has 1 aromatic heterocycles. The summed E-state index contributed by atoms with van der Waals surface area (Å²) in [5, 5.41) is 15.7. The smallest absolute Gasteiger partial charge is 0.307 e. The van der Waals surface area contributed by atoms with Crippen LogP contribution in [0.1, 0.15) is 16.7 Å². The lowest BCUT2D eigenvalue weighted by Crippen LogP contribution is -2.01. The molecule has 2 aromatic rings. The van der Waals surface area contributed by atoms with Gasteiger partial charge < -0.3 is 9.84 Å².